The number of rotatable bonds is 6. The summed E-state index contributed by atoms with van der Waals surface area (Å²) in [6.07, 6.45) is 3.12. The molecule has 0 saturated heterocycles. The monoisotopic (exact) mass is 364 g/mol. The number of anilines is 1. The second kappa shape index (κ2) is 8.18. The summed E-state index contributed by atoms with van der Waals surface area (Å²) in [6.45, 7) is -0.0328. The van der Waals surface area contributed by atoms with E-state index in [9.17, 15) is 9.59 Å². The van der Waals surface area contributed by atoms with Crippen molar-refractivity contribution in [1.82, 2.24) is 14.5 Å². The molecule has 0 spiro atoms. The Balaban J connectivity index is 1.65. The largest absolute Gasteiger partial charge is 0.484 e. The first-order chi connectivity index (χ1) is 13.0. The molecule has 7 heteroatoms. The molecule has 1 heterocycles. The number of ether oxygens (including phenoxy) is 1. The number of benzene rings is 2. The lowest BCUT2D eigenvalue weighted by atomic mass is 10.2. The second-order valence-electron chi connectivity index (χ2n) is 6.04. The Morgan fingerprint density at radius 3 is 2.44 bits per heavy atom. The van der Waals surface area contributed by atoms with E-state index in [-0.39, 0.29) is 18.4 Å². The smallest absolute Gasteiger partial charge is 0.274 e. The lowest BCUT2D eigenvalue weighted by Crippen LogP contribution is -2.27. The molecule has 0 atom stereocenters. The molecule has 0 unspecified atom stereocenters. The van der Waals surface area contributed by atoms with E-state index in [2.05, 4.69) is 10.3 Å². The van der Waals surface area contributed by atoms with Crippen LogP contribution < -0.4 is 10.1 Å². The van der Waals surface area contributed by atoms with Crippen molar-refractivity contribution in [2.45, 2.75) is 0 Å². The molecule has 27 heavy (non-hydrogen) atoms. The molecule has 2 aromatic carbocycles. The van der Waals surface area contributed by atoms with Crippen LogP contribution in [0.1, 0.15) is 10.5 Å². The van der Waals surface area contributed by atoms with Crippen molar-refractivity contribution in [2.75, 3.05) is 26.0 Å². The first kappa shape index (κ1) is 18.2. The zero-order valence-electron chi connectivity index (χ0n) is 15.1. The molecule has 0 aliphatic rings. The molecule has 3 rings (SSSR count). The molecule has 3 aromatic rings. The number of imidazole rings is 1. The summed E-state index contributed by atoms with van der Waals surface area (Å²) in [4.78, 5) is 29.7. The van der Waals surface area contributed by atoms with Gasteiger partial charge in [-0.2, -0.15) is 0 Å². The van der Waals surface area contributed by atoms with Gasteiger partial charge >= 0.3 is 0 Å². The topological polar surface area (TPSA) is 76.5 Å². The highest BCUT2D eigenvalue weighted by Gasteiger charge is 2.13. The van der Waals surface area contributed by atoms with Gasteiger partial charge in [0.1, 0.15) is 11.4 Å². The number of para-hydroxylation sites is 1. The van der Waals surface area contributed by atoms with Crippen LogP contribution >= 0.6 is 0 Å². The molecule has 0 aliphatic heterocycles. The molecule has 0 saturated carbocycles. The third kappa shape index (κ3) is 4.52. The number of hydrogen-bond acceptors (Lipinski definition) is 4. The van der Waals surface area contributed by atoms with Gasteiger partial charge in [-0.1, -0.05) is 18.2 Å². The van der Waals surface area contributed by atoms with E-state index < -0.39 is 0 Å². The van der Waals surface area contributed by atoms with E-state index in [0.717, 1.165) is 5.69 Å². The van der Waals surface area contributed by atoms with Crippen molar-refractivity contribution in [1.29, 1.82) is 0 Å². The Morgan fingerprint density at radius 2 is 1.78 bits per heavy atom. The van der Waals surface area contributed by atoms with E-state index in [1.54, 1.807) is 49.3 Å². The summed E-state index contributed by atoms with van der Waals surface area (Å²) in [5.41, 5.74) is 1.90. The summed E-state index contributed by atoms with van der Waals surface area (Å²) in [6, 6.07) is 16.4. The fourth-order valence-electron chi connectivity index (χ4n) is 2.36. The van der Waals surface area contributed by atoms with Gasteiger partial charge in [-0.05, 0) is 36.4 Å². The highest BCUT2D eigenvalue weighted by atomic mass is 16.5. The van der Waals surface area contributed by atoms with E-state index in [0.29, 0.717) is 17.1 Å². The van der Waals surface area contributed by atoms with Crippen molar-refractivity contribution in [3.05, 3.63) is 72.8 Å². The number of hydrogen-bond donors (Lipinski definition) is 1. The Kier molecular flexibility index (Phi) is 5.51. The van der Waals surface area contributed by atoms with Crippen molar-refractivity contribution in [3.8, 4) is 11.4 Å². The number of nitrogens with one attached hydrogen (secondary N) is 1. The minimum atomic E-state index is -0.271. The first-order valence-electron chi connectivity index (χ1n) is 8.37. The highest BCUT2D eigenvalue weighted by Crippen LogP contribution is 2.17. The van der Waals surface area contributed by atoms with Crippen LogP contribution in [0.3, 0.4) is 0 Å². The molecule has 7 nitrogen and oxygen atoms in total. The summed E-state index contributed by atoms with van der Waals surface area (Å²) in [7, 11) is 3.34. The highest BCUT2D eigenvalue weighted by molar-refractivity contribution is 6.03. The third-order valence-electron chi connectivity index (χ3n) is 3.88. The van der Waals surface area contributed by atoms with E-state index in [1.807, 2.05) is 30.3 Å². The maximum Gasteiger partial charge on any atom is 0.274 e. The number of amides is 2. The van der Waals surface area contributed by atoms with E-state index in [1.165, 1.54) is 11.1 Å². The number of likely N-dealkylation sites (N-methyl/N-ethyl adjacent to an activating group) is 1. The lowest BCUT2D eigenvalue weighted by molar-refractivity contribution is -0.130. The van der Waals surface area contributed by atoms with E-state index in [4.69, 9.17) is 4.74 Å². The Hall–Kier alpha value is -3.61. The maximum atomic E-state index is 12.6. The molecule has 2 amide bonds. The van der Waals surface area contributed by atoms with E-state index >= 15 is 0 Å². The van der Waals surface area contributed by atoms with Crippen LogP contribution in [0.25, 0.3) is 5.69 Å². The van der Waals surface area contributed by atoms with Crippen LogP contribution in [0.15, 0.2) is 67.1 Å². The maximum absolute atomic E-state index is 12.6. The molecule has 0 aliphatic carbocycles. The summed E-state index contributed by atoms with van der Waals surface area (Å²) in [5.74, 6) is 0.159. The van der Waals surface area contributed by atoms with Crippen LogP contribution in [-0.2, 0) is 4.79 Å². The van der Waals surface area contributed by atoms with Gasteiger partial charge in [0.05, 0.1) is 12.5 Å². The zero-order valence-corrected chi connectivity index (χ0v) is 15.1. The Labute approximate surface area is 157 Å². The molecule has 138 valence electrons. The van der Waals surface area contributed by atoms with Crippen molar-refractivity contribution < 1.29 is 14.3 Å². The van der Waals surface area contributed by atoms with Gasteiger partial charge < -0.3 is 15.0 Å². The first-order valence-corrected chi connectivity index (χ1v) is 8.37. The molecular weight excluding hydrogens is 344 g/mol. The van der Waals surface area contributed by atoms with Crippen LogP contribution in [0.4, 0.5) is 5.69 Å². The van der Waals surface area contributed by atoms with Gasteiger partial charge in [0, 0.05) is 25.5 Å². The minimum Gasteiger partial charge on any atom is -0.484 e. The number of carbonyl (C=O) groups is 2. The molecule has 0 fully saturated rings. The van der Waals surface area contributed by atoms with Gasteiger partial charge in [-0.15, -0.1) is 0 Å². The number of aromatic nitrogens is 2. The van der Waals surface area contributed by atoms with Gasteiger partial charge in [-0.25, -0.2) is 4.98 Å². The standard InChI is InChI=1S/C20H20N4O3/c1-23(2)19(25)13-27-17-10-8-15(9-11-17)22-20(26)18-12-21-14-24(18)16-6-4-3-5-7-16/h3-12,14H,13H2,1-2H3,(H,22,26). The fourth-order valence-corrected chi connectivity index (χ4v) is 2.36. The summed E-state index contributed by atoms with van der Waals surface area (Å²) < 4.78 is 7.14. The van der Waals surface area contributed by atoms with Crippen LogP contribution in [-0.4, -0.2) is 47.0 Å². The van der Waals surface area contributed by atoms with Gasteiger partial charge in [0.25, 0.3) is 11.8 Å². The average Bonchev–Trinajstić information content (AvgIpc) is 3.18. The third-order valence-corrected chi connectivity index (χ3v) is 3.88. The SMILES string of the molecule is CN(C)C(=O)COc1ccc(NC(=O)c2cncn2-c2ccccc2)cc1. The van der Waals surface area contributed by atoms with Gasteiger partial charge in [0.2, 0.25) is 0 Å². The minimum absolute atomic E-state index is 0.0328. The predicted octanol–water partition coefficient (Wildman–Crippen LogP) is 2.59. The van der Waals surface area contributed by atoms with Crippen LogP contribution in [0.2, 0.25) is 0 Å². The fraction of sp³-hybridized carbons (Fsp3) is 0.150. The molecule has 0 bridgehead atoms. The molecule has 0 radical (unpaired) electrons. The number of carbonyl (C=O) groups excluding carboxylic acids is 2. The van der Waals surface area contributed by atoms with Gasteiger partial charge in [-0.3, -0.25) is 14.2 Å². The zero-order chi connectivity index (χ0) is 19.2. The molecular formula is C20H20N4O3. The van der Waals surface area contributed by atoms with Crippen molar-refractivity contribution in [3.63, 3.8) is 0 Å². The van der Waals surface area contributed by atoms with Crippen molar-refractivity contribution in [2.24, 2.45) is 0 Å². The average molecular weight is 364 g/mol. The second-order valence-corrected chi connectivity index (χ2v) is 6.04. The molecule has 1 aromatic heterocycles. The van der Waals surface area contributed by atoms with Gasteiger partial charge in [0.15, 0.2) is 6.61 Å². The summed E-state index contributed by atoms with van der Waals surface area (Å²) in [5, 5.41) is 2.83. The Morgan fingerprint density at radius 1 is 1.07 bits per heavy atom. The Bertz CT molecular complexity index is 918. The van der Waals surface area contributed by atoms with Crippen LogP contribution in [0, 0.1) is 0 Å². The lowest BCUT2D eigenvalue weighted by Gasteiger charge is -2.12. The summed E-state index contributed by atoms with van der Waals surface area (Å²) >= 11 is 0. The number of nitrogens with zero attached hydrogens (tertiary/aromatic N) is 3. The molecule has 1 N–H and O–H groups in total. The quantitative estimate of drug-likeness (QED) is 0.729. The normalized spacial score (nSPS) is 10.3. The van der Waals surface area contributed by atoms with Crippen LogP contribution in [0.5, 0.6) is 5.75 Å². The van der Waals surface area contributed by atoms with Crippen molar-refractivity contribution >= 4 is 17.5 Å². The predicted molar refractivity (Wildman–Crippen MR) is 102 cm³/mol.